The van der Waals surface area contributed by atoms with Crippen molar-refractivity contribution in [2.45, 2.75) is 26.6 Å². The van der Waals surface area contributed by atoms with Gasteiger partial charge in [0.2, 0.25) is 5.91 Å². The summed E-state index contributed by atoms with van der Waals surface area (Å²) in [4.78, 5) is 16.1. The van der Waals surface area contributed by atoms with Crippen molar-refractivity contribution >= 4 is 32.6 Å². The fraction of sp³-hybridized carbons (Fsp3) is 0.429. The van der Waals surface area contributed by atoms with Gasteiger partial charge in [-0.2, -0.15) is 0 Å². The van der Waals surface area contributed by atoms with Crippen molar-refractivity contribution in [2.24, 2.45) is 11.1 Å². The number of amides is 1. The Kier molecular flexibility index (Phi) is 4.81. The van der Waals surface area contributed by atoms with Crippen LogP contribution in [0.15, 0.2) is 18.2 Å². The molecule has 0 spiro atoms. The monoisotopic (exact) mass is 347 g/mol. The zero-order valence-corrected chi connectivity index (χ0v) is 13.3. The van der Waals surface area contributed by atoms with Crippen molar-refractivity contribution in [3.05, 3.63) is 18.2 Å². The van der Waals surface area contributed by atoms with E-state index in [1.165, 1.54) is 18.2 Å². The van der Waals surface area contributed by atoms with Gasteiger partial charge in [-0.05, 0) is 24.1 Å². The number of thiazole rings is 1. The van der Waals surface area contributed by atoms with Gasteiger partial charge in [0.1, 0.15) is 5.75 Å². The first-order valence-electron chi connectivity index (χ1n) is 6.74. The van der Waals surface area contributed by atoms with Crippen LogP contribution in [-0.2, 0) is 4.79 Å². The molecule has 0 fully saturated rings. The smallest absolute Gasteiger partial charge is 0.406 e. The van der Waals surface area contributed by atoms with E-state index in [4.69, 9.17) is 5.73 Å². The lowest BCUT2D eigenvalue weighted by molar-refractivity contribution is -0.274. The fourth-order valence-electron chi connectivity index (χ4n) is 1.83. The zero-order valence-electron chi connectivity index (χ0n) is 12.5. The highest BCUT2D eigenvalue weighted by atomic mass is 32.1. The molecule has 5 nitrogen and oxygen atoms in total. The number of benzene rings is 1. The Balaban J connectivity index is 2.13. The van der Waals surface area contributed by atoms with Crippen LogP contribution >= 0.6 is 11.3 Å². The van der Waals surface area contributed by atoms with Crippen LogP contribution in [0.4, 0.5) is 18.3 Å². The second kappa shape index (κ2) is 6.32. The summed E-state index contributed by atoms with van der Waals surface area (Å²) >= 11 is 1.08. The van der Waals surface area contributed by atoms with Gasteiger partial charge >= 0.3 is 6.36 Å². The third-order valence-corrected chi connectivity index (χ3v) is 3.97. The van der Waals surface area contributed by atoms with Crippen LogP contribution in [0.5, 0.6) is 5.75 Å². The number of hydrogen-bond acceptors (Lipinski definition) is 5. The molecule has 0 bridgehead atoms. The van der Waals surface area contributed by atoms with Crippen molar-refractivity contribution in [1.82, 2.24) is 4.98 Å². The number of nitrogens with two attached hydrogens (primary N) is 1. The topological polar surface area (TPSA) is 77.2 Å². The molecule has 2 aromatic rings. The van der Waals surface area contributed by atoms with Gasteiger partial charge in [-0.3, -0.25) is 4.79 Å². The molecule has 1 heterocycles. The van der Waals surface area contributed by atoms with Gasteiger partial charge in [0.05, 0.1) is 10.2 Å². The summed E-state index contributed by atoms with van der Waals surface area (Å²) in [5.74, 6) is -0.568. The van der Waals surface area contributed by atoms with Crippen molar-refractivity contribution in [3.8, 4) is 5.75 Å². The van der Waals surface area contributed by atoms with Crippen molar-refractivity contribution in [3.63, 3.8) is 0 Å². The quantitative estimate of drug-likeness (QED) is 0.868. The van der Waals surface area contributed by atoms with E-state index in [1.807, 2.05) is 13.8 Å². The van der Waals surface area contributed by atoms with E-state index in [2.05, 4.69) is 15.0 Å². The van der Waals surface area contributed by atoms with Crippen LogP contribution in [0.3, 0.4) is 0 Å². The Labute approximate surface area is 134 Å². The summed E-state index contributed by atoms with van der Waals surface area (Å²) in [6.45, 7) is 4.09. The largest absolute Gasteiger partial charge is 0.573 e. The number of aromatic nitrogens is 1. The van der Waals surface area contributed by atoms with Gasteiger partial charge in [-0.25, -0.2) is 4.98 Å². The molecule has 9 heteroatoms. The number of halogens is 3. The van der Waals surface area contributed by atoms with Gasteiger partial charge in [-0.15, -0.1) is 13.2 Å². The molecule has 0 atom stereocenters. The van der Waals surface area contributed by atoms with Crippen LogP contribution in [-0.4, -0.2) is 23.8 Å². The van der Waals surface area contributed by atoms with Crippen molar-refractivity contribution < 1.29 is 22.7 Å². The minimum Gasteiger partial charge on any atom is -0.406 e. The SMILES string of the molecule is CC(C)(CN)CC(=O)Nc1nc2ccc(OC(F)(F)F)cc2s1. The Morgan fingerprint density at radius 1 is 1.39 bits per heavy atom. The molecule has 126 valence electrons. The number of carbonyl (C=O) groups is 1. The van der Waals surface area contributed by atoms with Gasteiger partial charge in [0.25, 0.3) is 0 Å². The van der Waals surface area contributed by atoms with E-state index < -0.39 is 6.36 Å². The number of rotatable bonds is 5. The highest BCUT2D eigenvalue weighted by Gasteiger charge is 2.31. The number of anilines is 1. The van der Waals surface area contributed by atoms with Crippen LogP contribution < -0.4 is 15.8 Å². The zero-order chi connectivity index (χ0) is 17.3. The molecule has 1 aromatic heterocycles. The second-order valence-electron chi connectivity index (χ2n) is 5.79. The van der Waals surface area contributed by atoms with E-state index in [0.29, 0.717) is 21.9 Å². The first kappa shape index (κ1) is 17.5. The molecule has 1 amide bonds. The number of carbonyl (C=O) groups excluding carboxylic acids is 1. The molecule has 1 aromatic carbocycles. The molecule has 0 aliphatic heterocycles. The normalized spacial score (nSPS) is 12.4. The van der Waals surface area contributed by atoms with Crippen LogP contribution in [0.25, 0.3) is 10.2 Å². The first-order valence-corrected chi connectivity index (χ1v) is 7.56. The van der Waals surface area contributed by atoms with Gasteiger partial charge in [0.15, 0.2) is 5.13 Å². The molecule has 0 aliphatic carbocycles. The summed E-state index contributed by atoms with van der Waals surface area (Å²) in [6.07, 6.45) is -4.52. The molecule has 2 rings (SSSR count). The molecule has 23 heavy (non-hydrogen) atoms. The lowest BCUT2D eigenvalue weighted by Gasteiger charge is -2.20. The van der Waals surface area contributed by atoms with Crippen LogP contribution in [0.1, 0.15) is 20.3 Å². The third kappa shape index (κ3) is 5.07. The third-order valence-electron chi connectivity index (χ3n) is 3.03. The number of fused-ring (bicyclic) bond motifs is 1. The molecule has 3 N–H and O–H groups in total. The number of ether oxygens (including phenoxy) is 1. The van der Waals surface area contributed by atoms with Crippen molar-refractivity contribution in [1.29, 1.82) is 0 Å². The summed E-state index contributed by atoms with van der Waals surface area (Å²) in [5, 5.41) is 2.96. The Hall–Kier alpha value is -1.87. The van der Waals surface area contributed by atoms with Crippen LogP contribution in [0, 0.1) is 5.41 Å². The van der Waals surface area contributed by atoms with E-state index in [9.17, 15) is 18.0 Å². The Morgan fingerprint density at radius 3 is 2.70 bits per heavy atom. The maximum absolute atomic E-state index is 12.2. The molecule has 0 aliphatic rings. The first-order chi connectivity index (χ1) is 10.6. The average Bonchev–Trinajstić information content (AvgIpc) is 2.77. The standard InChI is InChI=1S/C14H16F3N3O2S/c1-13(2,7-18)6-11(21)20-12-19-9-4-3-8(5-10(9)23-12)22-14(15,16)17/h3-5H,6-7,18H2,1-2H3,(H,19,20,21). The summed E-state index contributed by atoms with van der Waals surface area (Å²) in [7, 11) is 0. The Bertz CT molecular complexity index is 713. The van der Waals surface area contributed by atoms with E-state index in [-0.39, 0.29) is 23.5 Å². The molecule has 0 radical (unpaired) electrons. The summed E-state index contributed by atoms with van der Waals surface area (Å²) in [5.41, 5.74) is 5.72. The molecular weight excluding hydrogens is 331 g/mol. The fourth-order valence-corrected chi connectivity index (χ4v) is 2.74. The lowest BCUT2D eigenvalue weighted by atomic mass is 9.89. The minimum absolute atomic E-state index is 0.224. The summed E-state index contributed by atoms with van der Waals surface area (Å²) < 4.78 is 41.0. The Morgan fingerprint density at radius 2 is 2.09 bits per heavy atom. The molecule has 0 saturated heterocycles. The highest BCUT2D eigenvalue weighted by Crippen LogP contribution is 2.32. The number of alkyl halides is 3. The predicted molar refractivity (Wildman–Crippen MR) is 82.4 cm³/mol. The van der Waals surface area contributed by atoms with Crippen LogP contribution in [0.2, 0.25) is 0 Å². The number of hydrogen-bond donors (Lipinski definition) is 2. The van der Waals surface area contributed by atoms with Crippen molar-refractivity contribution in [2.75, 3.05) is 11.9 Å². The maximum atomic E-state index is 12.2. The lowest BCUT2D eigenvalue weighted by Crippen LogP contribution is -2.29. The number of nitrogens with zero attached hydrogens (tertiary/aromatic N) is 1. The molecular formula is C14H16F3N3O2S. The second-order valence-corrected chi connectivity index (χ2v) is 6.82. The van der Waals surface area contributed by atoms with E-state index in [0.717, 1.165) is 11.3 Å². The maximum Gasteiger partial charge on any atom is 0.573 e. The van der Waals surface area contributed by atoms with E-state index >= 15 is 0 Å². The predicted octanol–water partition coefficient (Wildman–Crippen LogP) is 3.51. The number of nitrogens with one attached hydrogen (secondary N) is 1. The van der Waals surface area contributed by atoms with Gasteiger partial charge < -0.3 is 15.8 Å². The van der Waals surface area contributed by atoms with Gasteiger partial charge in [-0.1, -0.05) is 25.2 Å². The van der Waals surface area contributed by atoms with E-state index in [1.54, 1.807) is 0 Å². The summed E-state index contributed by atoms with van der Waals surface area (Å²) in [6, 6.07) is 3.82. The highest BCUT2D eigenvalue weighted by molar-refractivity contribution is 7.22. The van der Waals surface area contributed by atoms with Gasteiger partial charge in [0, 0.05) is 12.5 Å². The molecule has 0 unspecified atom stereocenters. The minimum atomic E-state index is -4.75. The average molecular weight is 347 g/mol. The molecule has 0 saturated carbocycles.